The molecule has 0 saturated heterocycles. The number of aryl methyl sites for hydroxylation is 1. The van der Waals surface area contributed by atoms with Gasteiger partial charge in [0, 0.05) is 11.1 Å². The largest absolute Gasteiger partial charge is 0.206 e. The summed E-state index contributed by atoms with van der Waals surface area (Å²) >= 11 is 0. The van der Waals surface area contributed by atoms with Crippen LogP contribution in [0.5, 0.6) is 0 Å². The van der Waals surface area contributed by atoms with Gasteiger partial charge in [-0.15, -0.1) is 0 Å². The molecule has 0 unspecified atom stereocenters. The predicted octanol–water partition coefficient (Wildman–Crippen LogP) is 12.1. The van der Waals surface area contributed by atoms with Crippen molar-refractivity contribution < 1.29 is 13.2 Å². The van der Waals surface area contributed by atoms with Gasteiger partial charge in [0.25, 0.3) is 0 Å². The molecule has 220 valence electrons. The van der Waals surface area contributed by atoms with Gasteiger partial charge in [0.2, 0.25) is 0 Å². The SMILES string of the molecule is CCCCCc1ccc(-c2ccc(-c3ccc(C4CCC(C5CCC(CCC)CC5)CC4)cc3F)cc2)c(F)c1F. The van der Waals surface area contributed by atoms with Gasteiger partial charge in [-0.1, -0.05) is 101 Å². The van der Waals surface area contributed by atoms with Crippen molar-refractivity contribution in [1.82, 2.24) is 0 Å². The van der Waals surface area contributed by atoms with Crippen LogP contribution in [0, 0.1) is 35.2 Å². The van der Waals surface area contributed by atoms with Crippen LogP contribution in [-0.4, -0.2) is 0 Å². The second-order valence-corrected chi connectivity index (χ2v) is 12.9. The van der Waals surface area contributed by atoms with Crippen LogP contribution in [0.15, 0.2) is 54.6 Å². The first kappa shape index (κ1) is 29.9. The van der Waals surface area contributed by atoms with Crippen LogP contribution in [0.2, 0.25) is 0 Å². The fourth-order valence-corrected chi connectivity index (χ4v) is 7.70. The normalized spacial score (nSPS) is 23.0. The maximum absolute atomic E-state index is 15.4. The first-order chi connectivity index (χ1) is 20.0. The molecule has 0 heterocycles. The van der Waals surface area contributed by atoms with Gasteiger partial charge < -0.3 is 0 Å². The average molecular weight is 561 g/mol. The zero-order chi connectivity index (χ0) is 28.8. The Hall–Kier alpha value is -2.55. The van der Waals surface area contributed by atoms with E-state index in [1.807, 2.05) is 6.07 Å². The van der Waals surface area contributed by atoms with Crippen LogP contribution < -0.4 is 0 Å². The Bertz CT molecular complexity index is 1260. The van der Waals surface area contributed by atoms with E-state index in [1.54, 1.807) is 42.5 Å². The van der Waals surface area contributed by atoms with E-state index in [9.17, 15) is 8.78 Å². The second kappa shape index (κ2) is 14.1. The van der Waals surface area contributed by atoms with E-state index < -0.39 is 11.6 Å². The molecule has 0 atom stereocenters. The van der Waals surface area contributed by atoms with E-state index in [0.717, 1.165) is 61.0 Å². The van der Waals surface area contributed by atoms with Crippen molar-refractivity contribution in [1.29, 1.82) is 0 Å². The topological polar surface area (TPSA) is 0 Å². The quantitative estimate of drug-likeness (QED) is 0.216. The van der Waals surface area contributed by atoms with Crippen molar-refractivity contribution in [3.8, 4) is 22.3 Å². The Balaban J connectivity index is 1.20. The van der Waals surface area contributed by atoms with Gasteiger partial charge in [0.15, 0.2) is 11.6 Å². The molecular formula is C38H47F3. The number of benzene rings is 3. The summed E-state index contributed by atoms with van der Waals surface area (Å²) in [6, 6.07) is 16.2. The van der Waals surface area contributed by atoms with Gasteiger partial charge in [-0.2, -0.15) is 0 Å². The van der Waals surface area contributed by atoms with Gasteiger partial charge in [0.1, 0.15) is 5.82 Å². The molecule has 0 nitrogen and oxygen atoms in total. The Labute approximate surface area is 245 Å². The lowest BCUT2D eigenvalue weighted by atomic mass is 9.68. The summed E-state index contributed by atoms with van der Waals surface area (Å²) < 4.78 is 45.0. The summed E-state index contributed by atoms with van der Waals surface area (Å²) in [5, 5.41) is 0. The Kier molecular flexibility index (Phi) is 10.3. The highest BCUT2D eigenvalue weighted by Crippen LogP contribution is 2.45. The van der Waals surface area contributed by atoms with Gasteiger partial charge >= 0.3 is 0 Å². The molecule has 0 aromatic heterocycles. The third-order valence-corrected chi connectivity index (χ3v) is 10.2. The summed E-state index contributed by atoms with van der Waals surface area (Å²) in [4.78, 5) is 0. The zero-order valence-electron chi connectivity index (χ0n) is 25.0. The fraction of sp³-hybridized carbons (Fsp3) is 0.526. The molecule has 0 bridgehead atoms. The molecule has 0 radical (unpaired) electrons. The molecule has 2 saturated carbocycles. The van der Waals surface area contributed by atoms with E-state index in [-0.39, 0.29) is 11.4 Å². The molecular weight excluding hydrogens is 513 g/mol. The highest BCUT2D eigenvalue weighted by Gasteiger charge is 2.31. The molecule has 41 heavy (non-hydrogen) atoms. The first-order valence-corrected chi connectivity index (χ1v) is 16.4. The van der Waals surface area contributed by atoms with E-state index in [0.29, 0.717) is 29.0 Å². The van der Waals surface area contributed by atoms with Crippen LogP contribution in [-0.2, 0) is 6.42 Å². The fourth-order valence-electron chi connectivity index (χ4n) is 7.70. The second-order valence-electron chi connectivity index (χ2n) is 12.9. The molecule has 3 aromatic carbocycles. The zero-order valence-corrected chi connectivity index (χ0v) is 25.0. The lowest BCUT2D eigenvalue weighted by Crippen LogP contribution is -2.25. The maximum Gasteiger partial charge on any atom is 0.166 e. The minimum atomic E-state index is -0.804. The number of rotatable bonds is 10. The minimum absolute atomic E-state index is 0.208. The van der Waals surface area contributed by atoms with Gasteiger partial charge in [-0.3, -0.25) is 0 Å². The Morgan fingerprint density at radius 2 is 1.22 bits per heavy atom. The van der Waals surface area contributed by atoms with Crippen LogP contribution >= 0.6 is 0 Å². The van der Waals surface area contributed by atoms with Crippen LogP contribution in [0.25, 0.3) is 22.3 Å². The van der Waals surface area contributed by atoms with Crippen LogP contribution in [0.4, 0.5) is 13.2 Å². The lowest BCUT2D eigenvalue weighted by molar-refractivity contribution is 0.156. The van der Waals surface area contributed by atoms with Crippen molar-refractivity contribution >= 4 is 0 Å². The third-order valence-electron chi connectivity index (χ3n) is 10.2. The molecule has 2 aliphatic rings. The monoisotopic (exact) mass is 560 g/mol. The molecule has 3 aromatic rings. The van der Waals surface area contributed by atoms with Gasteiger partial charge in [-0.25, -0.2) is 13.2 Å². The number of hydrogen-bond acceptors (Lipinski definition) is 0. The molecule has 0 amide bonds. The molecule has 0 aliphatic heterocycles. The molecule has 0 N–H and O–H groups in total. The smallest absolute Gasteiger partial charge is 0.166 e. The van der Waals surface area contributed by atoms with Crippen molar-refractivity contribution in [2.45, 2.75) is 110 Å². The predicted molar refractivity (Wildman–Crippen MR) is 165 cm³/mol. The Morgan fingerprint density at radius 1 is 0.610 bits per heavy atom. The highest BCUT2D eigenvalue weighted by molar-refractivity contribution is 5.71. The summed E-state index contributed by atoms with van der Waals surface area (Å²) in [5.41, 5.74) is 3.69. The molecule has 3 heteroatoms. The number of hydrogen-bond donors (Lipinski definition) is 0. The van der Waals surface area contributed by atoms with E-state index in [4.69, 9.17) is 0 Å². The highest BCUT2D eigenvalue weighted by atomic mass is 19.2. The molecule has 2 fully saturated rings. The van der Waals surface area contributed by atoms with Crippen LogP contribution in [0.1, 0.15) is 114 Å². The number of unbranched alkanes of at least 4 members (excludes halogenated alkanes) is 2. The summed E-state index contributed by atoms with van der Waals surface area (Å²) in [5.74, 6) is 1.39. The molecule has 0 spiro atoms. The van der Waals surface area contributed by atoms with E-state index >= 15 is 4.39 Å². The summed E-state index contributed by atoms with van der Waals surface area (Å²) in [6.45, 7) is 4.40. The Morgan fingerprint density at radius 3 is 1.83 bits per heavy atom. The number of halogens is 3. The van der Waals surface area contributed by atoms with Crippen molar-refractivity contribution in [3.05, 3.63) is 83.2 Å². The van der Waals surface area contributed by atoms with Gasteiger partial charge in [-0.05, 0) is 103 Å². The minimum Gasteiger partial charge on any atom is -0.206 e. The molecule has 5 rings (SSSR count). The maximum atomic E-state index is 15.4. The summed E-state index contributed by atoms with van der Waals surface area (Å²) in [7, 11) is 0. The average Bonchev–Trinajstić information content (AvgIpc) is 3.00. The van der Waals surface area contributed by atoms with E-state index in [2.05, 4.69) is 19.9 Å². The van der Waals surface area contributed by atoms with Crippen LogP contribution in [0.3, 0.4) is 0 Å². The first-order valence-electron chi connectivity index (χ1n) is 16.4. The van der Waals surface area contributed by atoms with Crippen molar-refractivity contribution in [2.75, 3.05) is 0 Å². The summed E-state index contributed by atoms with van der Waals surface area (Å²) in [6.07, 6.45) is 16.7. The van der Waals surface area contributed by atoms with Gasteiger partial charge in [0.05, 0.1) is 0 Å². The lowest BCUT2D eigenvalue weighted by Gasteiger charge is -2.38. The standard InChI is InChI=1S/C38H47F3/c1-3-5-6-8-32-21-24-35(38(41)37(32)40)31-19-17-30(18-20-31)34-23-22-33(25-36(34)39)29-15-13-28(14-16-29)27-11-9-26(7-4-2)10-12-27/h17-29H,3-16H2,1-2H3. The third kappa shape index (κ3) is 7.09. The van der Waals surface area contributed by atoms with E-state index in [1.165, 1.54) is 51.4 Å². The molecule has 2 aliphatic carbocycles. The van der Waals surface area contributed by atoms with Crippen molar-refractivity contribution in [3.63, 3.8) is 0 Å². The van der Waals surface area contributed by atoms with Crippen molar-refractivity contribution in [2.24, 2.45) is 17.8 Å².